The third-order valence-corrected chi connectivity index (χ3v) is 5.17. The number of hydrogen-bond donors (Lipinski definition) is 1. The molecule has 1 aromatic heterocycles. The minimum Gasteiger partial charge on any atom is -0.244 e. The second-order valence-electron chi connectivity index (χ2n) is 5.19. The van der Waals surface area contributed by atoms with Crippen molar-refractivity contribution >= 4 is 10.0 Å². The summed E-state index contributed by atoms with van der Waals surface area (Å²) in [6.07, 6.45) is 6.27. The van der Waals surface area contributed by atoms with Crippen molar-refractivity contribution in [3.63, 3.8) is 0 Å². The maximum absolute atomic E-state index is 12.4. The largest absolute Gasteiger partial charge is 0.244 e. The van der Waals surface area contributed by atoms with Crippen LogP contribution in [0.25, 0.3) is 0 Å². The van der Waals surface area contributed by atoms with E-state index < -0.39 is 15.6 Å². The highest BCUT2D eigenvalue weighted by molar-refractivity contribution is 7.89. The van der Waals surface area contributed by atoms with Gasteiger partial charge >= 0.3 is 0 Å². The van der Waals surface area contributed by atoms with Gasteiger partial charge in [-0.1, -0.05) is 19.3 Å². The molecule has 0 atom stereocenters. The van der Waals surface area contributed by atoms with Crippen LogP contribution in [-0.2, 0) is 10.0 Å². The zero-order chi connectivity index (χ0) is 13.9. The van der Waals surface area contributed by atoms with E-state index in [-0.39, 0.29) is 10.6 Å². The van der Waals surface area contributed by atoms with Gasteiger partial charge in [0.05, 0.1) is 0 Å². The molecule has 102 valence electrons. The first-order valence-corrected chi connectivity index (χ1v) is 7.84. The summed E-state index contributed by atoms with van der Waals surface area (Å²) < 4.78 is 27.5. The molecule has 0 aromatic carbocycles. The molecule has 1 N–H and O–H groups in total. The Kier molecular flexibility index (Phi) is 3.88. The van der Waals surface area contributed by atoms with Crippen LogP contribution in [-0.4, -0.2) is 18.9 Å². The van der Waals surface area contributed by atoms with E-state index in [0.717, 1.165) is 32.1 Å². The van der Waals surface area contributed by atoms with Crippen molar-refractivity contribution in [1.29, 1.82) is 5.26 Å². The summed E-state index contributed by atoms with van der Waals surface area (Å²) >= 11 is 0. The van der Waals surface area contributed by atoms with Crippen molar-refractivity contribution in [2.45, 2.75) is 49.5 Å². The molecule has 0 unspecified atom stereocenters. The fourth-order valence-corrected chi connectivity index (χ4v) is 4.08. The molecular formula is C13H17N3O2S. The first kappa shape index (κ1) is 14.0. The minimum atomic E-state index is -3.70. The molecule has 0 aliphatic heterocycles. The van der Waals surface area contributed by atoms with Crippen LogP contribution < -0.4 is 4.72 Å². The fraction of sp³-hybridized carbons (Fsp3) is 0.538. The van der Waals surface area contributed by atoms with Crippen LogP contribution in [0.4, 0.5) is 0 Å². The lowest BCUT2D eigenvalue weighted by Crippen LogP contribution is -2.47. The van der Waals surface area contributed by atoms with Gasteiger partial charge in [0.15, 0.2) is 5.69 Å². The first-order valence-electron chi connectivity index (χ1n) is 6.36. The molecule has 1 heterocycles. The van der Waals surface area contributed by atoms with E-state index >= 15 is 0 Å². The Morgan fingerprint density at radius 3 is 2.68 bits per heavy atom. The number of hydrogen-bond acceptors (Lipinski definition) is 4. The molecule has 19 heavy (non-hydrogen) atoms. The highest BCUT2D eigenvalue weighted by atomic mass is 32.2. The third kappa shape index (κ3) is 3.11. The molecule has 0 saturated heterocycles. The minimum absolute atomic E-state index is 0.0377. The molecule has 2 rings (SSSR count). The zero-order valence-corrected chi connectivity index (χ0v) is 11.7. The Morgan fingerprint density at radius 1 is 1.37 bits per heavy atom. The molecule has 1 aromatic rings. The van der Waals surface area contributed by atoms with E-state index in [1.165, 1.54) is 18.3 Å². The number of nitriles is 1. The van der Waals surface area contributed by atoms with E-state index in [0.29, 0.717) is 0 Å². The molecule has 1 aliphatic carbocycles. The van der Waals surface area contributed by atoms with Crippen molar-refractivity contribution in [3.05, 3.63) is 24.0 Å². The number of aromatic nitrogens is 1. The second kappa shape index (κ2) is 5.27. The Labute approximate surface area is 113 Å². The van der Waals surface area contributed by atoms with Crippen LogP contribution in [0.2, 0.25) is 0 Å². The molecule has 1 fully saturated rings. The van der Waals surface area contributed by atoms with Crippen molar-refractivity contribution in [2.24, 2.45) is 0 Å². The van der Waals surface area contributed by atoms with Crippen LogP contribution in [0.15, 0.2) is 23.2 Å². The fourth-order valence-electron chi connectivity index (χ4n) is 2.50. The van der Waals surface area contributed by atoms with Gasteiger partial charge in [0, 0.05) is 11.7 Å². The number of nitrogens with one attached hydrogen (secondary N) is 1. The first-order chi connectivity index (χ1) is 8.97. The van der Waals surface area contributed by atoms with Crippen molar-refractivity contribution in [1.82, 2.24) is 9.71 Å². The van der Waals surface area contributed by atoms with E-state index in [1.807, 2.05) is 13.0 Å². The Hall–Kier alpha value is -1.45. The Morgan fingerprint density at radius 2 is 2.05 bits per heavy atom. The predicted octanol–water partition coefficient (Wildman–Crippen LogP) is 1.95. The zero-order valence-electron chi connectivity index (χ0n) is 10.9. The van der Waals surface area contributed by atoms with E-state index in [1.54, 1.807) is 0 Å². The number of rotatable bonds is 3. The summed E-state index contributed by atoms with van der Waals surface area (Å²) in [5.41, 5.74) is -0.478. The molecule has 0 bridgehead atoms. The summed E-state index contributed by atoms with van der Waals surface area (Å²) in [6.45, 7) is 1.92. The predicted molar refractivity (Wildman–Crippen MR) is 70.8 cm³/mol. The Balaban J connectivity index is 2.30. The number of nitrogens with zero attached hydrogens (tertiary/aromatic N) is 2. The number of pyridine rings is 1. The smallest absolute Gasteiger partial charge is 0.243 e. The SMILES string of the molecule is CC1(NS(=O)(=O)c2cccnc2C#N)CCCCC1. The number of sulfonamides is 1. The molecule has 0 amide bonds. The topological polar surface area (TPSA) is 82.8 Å². The average molecular weight is 279 g/mol. The Bertz CT molecular complexity index is 599. The van der Waals surface area contributed by atoms with Crippen LogP contribution >= 0.6 is 0 Å². The van der Waals surface area contributed by atoms with Crippen LogP contribution in [0, 0.1) is 11.3 Å². The summed E-state index contributed by atoms with van der Waals surface area (Å²) in [4.78, 5) is 3.76. The highest BCUT2D eigenvalue weighted by Gasteiger charge is 2.33. The van der Waals surface area contributed by atoms with Gasteiger partial charge in [0.1, 0.15) is 11.0 Å². The molecule has 5 nitrogen and oxygen atoms in total. The standard InChI is InChI=1S/C13H17N3O2S/c1-13(7-3-2-4-8-13)16-19(17,18)12-6-5-9-15-11(12)10-14/h5-6,9,16H,2-4,7-8H2,1H3. The second-order valence-corrected chi connectivity index (χ2v) is 6.84. The van der Waals surface area contributed by atoms with Gasteiger partial charge in [-0.25, -0.2) is 18.1 Å². The summed E-state index contributed by atoms with van der Waals surface area (Å²) in [7, 11) is -3.70. The molecule has 0 radical (unpaired) electrons. The van der Waals surface area contributed by atoms with Crippen molar-refractivity contribution in [3.8, 4) is 6.07 Å². The maximum Gasteiger partial charge on any atom is 0.243 e. The van der Waals surface area contributed by atoms with E-state index in [2.05, 4.69) is 9.71 Å². The normalized spacial score (nSPS) is 18.7. The van der Waals surface area contributed by atoms with Gasteiger partial charge in [-0.3, -0.25) is 0 Å². The van der Waals surface area contributed by atoms with Crippen LogP contribution in [0.1, 0.15) is 44.7 Å². The van der Waals surface area contributed by atoms with E-state index in [9.17, 15) is 8.42 Å². The monoisotopic (exact) mass is 279 g/mol. The van der Waals surface area contributed by atoms with Crippen LogP contribution in [0.3, 0.4) is 0 Å². The van der Waals surface area contributed by atoms with Gasteiger partial charge in [0.25, 0.3) is 0 Å². The van der Waals surface area contributed by atoms with Crippen LogP contribution in [0.5, 0.6) is 0 Å². The lowest BCUT2D eigenvalue weighted by atomic mass is 9.84. The van der Waals surface area contributed by atoms with Gasteiger partial charge < -0.3 is 0 Å². The lowest BCUT2D eigenvalue weighted by Gasteiger charge is -2.34. The lowest BCUT2D eigenvalue weighted by molar-refractivity contribution is 0.294. The van der Waals surface area contributed by atoms with Gasteiger partial charge in [-0.05, 0) is 31.9 Å². The summed E-state index contributed by atoms with van der Waals surface area (Å²) in [5.74, 6) is 0. The third-order valence-electron chi connectivity index (χ3n) is 3.50. The maximum atomic E-state index is 12.4. The molecule has 6 heteroatoms. The van der Waals surface area contributed by atoms with Gasteiger partial charge in [-0.15, -0.1) is 0 Å². The van der Waals surface area contributed by atoms with Crippen molar-refractivity contribution < 1.29 is 8.42 Å². The average Bonchev–Trinajstić information content (AvgIpc) is 2.38. The summed E-state index contributed by atoms with van der Waals surface area (Å²) in [6, 6.07) is 4.76. The highest BCUT2D eigenvalue weighted by Crippen LogP contribution is 2.29. The molecule has 0 spiro atoms. The quantitative estimate of drug-likeness (QED) is 0.916. The van der Waals surface area contributed by atoms with Gasteiger partial charge in [-0.2, -0.15) is 5.26 Å². The van der Waals surface area contributed by atoms with Crippen molar-refractivity contribution in [2.75, 3.05) is 0 Å². The summed E-state index contributed by atoms with van der Waals surface area (Å²) in [5, 5.41) is 8.95. The van der Waals surface area contributed by atoms with Gasteiger partial charge in [0.2, 0.25) is 10.0 Å². The van der Waals surface area contributed by atoms with E-state index in [4.69, 9.17) is 5.26 Å². The molecule has 1 aliphatic rings. The molecular weight excluding hydrogens is 262 g/mol. The molecule has 1 saturated carbocycles.